The van der Waals surface area contributed by atoms with E-state index in [2.05, 4.69) is 36.1 Å². The van der Waals surface area contributed by atoms with Gasteiger partial charge in [0.25, 0.3) is 0 Å². The van der Waals surface area contributed by atoms with Crippen LogP contribution in [0.2, 0.25) is 0 Å². The third-order valence-corrected chi connectivity index (χ3v) is 2.96. The van der Waals surface area contributed by atoms with E-state index >= 15 is 0 Å². The quantitative estimate of drug-likeness (QED) is 0.476. The first kappa shape index (κ1) is 18.4. The molecule has 1 heterocycles. The molecule has 0 spiro atoms. The summed E-state index contributed by atoms with van der Waals surface area (Å²) in [6.45, 7) is 9.38. The summed E-state index contributed by atoms with van der Waals surface area (Å²) in [4.78, 5) is 12.8. The van der Waals surface area contributed by atoms with Gasteiger partial charge in [0.15, 0.2) is 0 Å². The summed E-state index contributed by atoms with van der Waals surface area (Å²) in [5.41, 5.74) is 3.71. The number of para-hydroxylation sites is 1. The highest BCUT2D eigenvalue weighted by Crippen LogP contribution is 2.17. The molecule has 0 fully saturated rings. The number of nitrogens with one attached hydrogen (secondary N) is 3. The lowest BCUT2D eigenvalue weighted by atomic mass is 10.2. The summed E-state index contributed by atoms with van der Waals surface area (Å²) in [5.74, 6) is 2.13. The summed E-state index contributed by atoms with van der Waals surface area (Å²) in [6, 6.07) is 7.71. The number of anilines is 3. The zero-order valence-corrected chi connectivity index (χ0v) is 15.1. The first-order valence-electron chi connectivity index (χ1n) is 8.41. The number of hydrazone groups is 1. The van der Waals surface area contributed by atoms with Crippen molar-refractivity contribution in [2.24, 2.45) is 5.10 Å². The first-order valence-corrected chi connectivity index (χ1v) is 8.41. The molecular weight excluding hydrogens is 318 g/mol. The molecule has 25 heavy (non-hydrogen) atoms. The van der Waals surface area contributed by atoms with Gasteiger partial charge < -0.3 is 15.4 Å². The molecule has 0 radical (unpaired) electrons. The fourth-order valence-electron chi connectivity index (χ4n) is 2.01. The van der Waals surface area contributed by atoms with Crippen LogP contribution in [0.1, 0.15) is 33.3 Å². The van der Waals surface area contributed by atoms with Crippen LogP contribution in [-0.4, -0.2) is 40.4 Å². The molecule has 2 aromatic rings. The molecule has 0 aliphatic carbocycles. The van der Waals surface area contributed by atoms with Crippen LogP contribution in [0.25, 0.3) is 0 Å². The third-order valence-electron chi connectivity index (χ3n) is 2.96. The molecule has 0 bridgehead atoms. The lowest BCUT2D eigenvalue weighted by Crippen LogP contribution is -2.10. The number of nitrogens with zero attached hydrogens (tertiary/aromatic N) is 4. The maximum absolute atomic E-state index is 5.77. The van der Waals surface area contributed by atoms with Gasteiger partial charge in [-0.05, 0) is 39.8 Å². The Balaban J connectivity index is 2.13. The number of hydrogen-bond donors (Lipinski definition) is 3. The molecule has 0 aliphatic heterocycles. The fraction of sp³-hybridized carbons (Fsp3) is 0.412. The van der Waals surface area contributed by atoms with Crippen molar-refractivity contribution >= 4 is 24.1 Å². The molecule has 1 aromatic heterocycles. The van der Waals surface area contributed by atoms with Crippen LogP contribution in [0.4, 0.5) is 17.8 Å². The van der Waals surface area contributed by atoms with E-state index in [1.807, 2.05) is 52.0 Å². The van der Waals surface area contributed by atoms with Crippen LogP contribution < -0.4 is 20.8 Å². The smallest absolute Gasteiger partial charge is 0.250 e. The Hall–Kier alpha value is -2.90. The second-order valence-corrected chi connectivity index (χ2v) is 5.44. The molecular formula is C17H25N7O. The predicted molar refractivity (Wildman–Crippen MR) is 102 cm³/mol. The normalized spacial score (nSPS) is 10.9. The first-order chi connectivity index (χ1) is 12.1. The Kier molecular flexibility index (Phi) is 6.94. The maximum atomic E-state index is 5.77. The lowest BCUT2D eigenvalue weighted by molar-refractivity contribution is 0.242. The van der Waals surface area contributed by atoms with Crippen LogP contribution >= 0.6 is 0 Å². The molecule has 3 N–H and O–H groups in total. The average Bonchev–Trinajstić information content (AvgIpc) is 2.56. The van der Waals surface area contributed by atoms with Crippen LogP contribution in [0.3, 0.4) is 0 Å². The Labute approximate surface area is 148 Å². The van der Waals surface area contributed by atoms with Gasteiger partial charge in [0.1, 0.15) is 5.75 Å². The minimum absolute atomic E-state index is 0.0939. The molecule has 8 nitrogen and oxygen atoms in total. The molecule has 2 rings (SSSR count). The van der Waals surface area contributed by atoms with E-state index in [4.69, 9.17) is 4.74 Å². The molecule has 0 saturated heterocycles. The minimum atomic E-state index is 0.0939. The van der Waals surface area contributed by atoms with Crippen LogP contribution in [0, 0.1) is 0 Å². The van der Waals surface area contributed by atoms with Crippen molar-refractivity contribution in [3.05, 3.63) is 29.8 Å². The highest BCUT2D eigenvalue weighted by atomic mass is 16.5. The number of rotatable bonds is 9. The summed E-state index contributed by atoms with van der Waals surface area (Å²) in [6.07, 6.45) is 1.78. The van der Waals surface area contributed by atoms with Gasteiger partial charge in [0.2, 0.25) is 17.8 Å². The van der Waals surface area contributed by atoms with Crippen molar-refractivity contribution in [1.29, 1.82) is 0 Å². The fourth-order valence-corrected chi connectivity index (χ4v) is 2.01. The van der Waals surface area contributed by atoms with Gasteiger partial charge in [-0.2, -0.15) is 20.1 Å². The third kappa shape index (κ3) is 5.91. The van der Waals surface area contributed by atoms with Crippen LogP contribution in [0.5, 0.6) is 5.75 Å². The molecule has 8 heteroatoms. The van der Waals surface area contributed by atoms with E-state index in [0.717, 1.165) is 24.4 Å². The number of aromatic nitrogens is 3. The van der Waals surface area contributed by atoms with Crippen molar-refractivity contribution in [2.75, 3.05) is 29.1 Å². The summed E-state index contributed by atoms with van der Waals surface area (Å²) in [7, 11) is 0. The van der Waals surface area contributed by atoms with Gasteiger partial charge in [0, 0.05) is 18.7 Å². The SMILES string of the molecule is CCNc1nc(NCC)nc(N/N=C/c2ccccc2OC(C)C)n1. The molecule has 0 aliphatic rings. The van der Waals surface area contributed by atoms with E-state index in [0.29, 0.717) is 17.8 Å². The predicted octanol–water partition coefficient (Wildman–Crippen LogP) is 2.97. The van der Waals surface area contributed by atoms with Gasteiger partial charge in [-0.25, -0.2) is 5.43 Å². The van der Waals surface area contributed by atoms with Gasteiger partial charge >= 0.3 is 0 Å². The number of benzene rings is 1. The van der Waals surface area contributed by atoms with E-state index in [1.165, 1.54) is 0 Å². The van der Waals surface area contributed by atoms with E-state index in [1.54, 1.807) is 6.21 Å². The molecule has 0 unspecified atom stereocenters. The van der Waals surface area contributed by atoms with E-state index in [9.17, 15) is 0 Å². The van der Waals surface area contributed by atoms with Crippen molar-refractivity contribution in [1.82, 2.24) is 15.0 Å². The summed E-state index contributed by atoms with van der Waals surface area (Å²) < 4.78 is 5.77. The highest BCUT2D eigenvalue weighted by Gasteiger charge is 2.05. The van der Waals surface area contributed by atoms with Crippen LogP contribution in [0.15, 0.2) is 29.4 Å². The maximum Gasteiger partial charge on any atom is 0.250 e. The largest absolute Gasteiger partial charge is 0.490 e. The Morgan fingerprint density at radius 1 is 1.00 bits per heavy atom. The molecule has 0 amide bonds. The molecule has 134 valence electrons. The van der Waals surface area contributed by atoms with Gasteiger partial charge in [-0.1, -0.05) is 12.1 Å². The van der Waals surface area contributed by atoms with Gasteiger partial charge in [-0.15, -0.1) is 0 Å². The van der Waals surface area contributed by atoms with E-state index in [-0.39, 0.29) is 6.10 Å². The van der Waals surface area contributed by atoms with Crippen molar-refractivity contribution in [2.45, 2.75) is 33.8 Å². The van der Waals surface area contributed by atoms with Crippen LogP contribution in [-0.2, 0) is 0 Å². The molecule has 0 atom stereocenters. The summed E-state index contributed by atoms with van der Waals surface area (Å²) >= 11 is 0. The lowest BCUT2D eigenvalue weighted by Gasteiger charge is -2.11. The topological polar surface area (TPSA) is 96.4 Å². The van der Waals surface area contributed by atoms with E-state index < -0.39 is 0 Å². The Bertz CT molecular complexity index is 679. The number of ether oxygens (including phenoxy) is 1. The summed E-state index contributed by atoms with van der Waals surface area (Å²) in [5, 5.41) is 10.4. The molecule has 1 aromatic carbocycles. The number of hydrogen-bond acceptors (Lipinski definition) is 8. The highest BCUT2D eigenvalue weighted by molar-refractivity contribution is 5.83. The zero-order chi connectivity index (χ0) is 18.1. The molecule has 0 saturated carbocycles. The second kappa shape index (κ2) is 9.41. The van der Waals surface area contributed by atoms with Gasteiger partial charge in [0.05, 0.1) is 12.3 Å². The van der Waals surface area contributed by atoms with Crippen molar-refractivity contribution in [3.8, 4) is 5.75 Å². The standard InChI is InChI=1S/C17H25N7O/c1-5-18-15-21-16(19-6-2)23-17(22-15)24-20-11-13-9-7-8-10-14(13)25-12(3)4/h7-12H,5-6H2,1-4H3,(H3,18,19,21,22,23,24)/b20-11+. The monoisotopic (exact) mass is 343 g/mol. The Morgan fingerprint density at radius 2 is 1.60 bits per heavy atom. The minimum Gasteiger partial charge on any atom is -0.490 e. The second-order valence-electron chi connectivity index (χ2n) is 5.44. The van der Waals surface area contributed by atoms with Gasteiger partial charge in [-0.3, -0.25) is 0 Å². The van der Waals surface area contributed by atoms with Crippen molar-refractivity contribution < 1.29 is 4.74 Å². The zero-order valence-electron chi connectivity index (χ0n) is 15.1. The Morgan fingerprint density at radius 3 is 2.20 bits per heavy atom. The average molecular weight is 343 g/mol. The van der Waals surface area contributed by atoms with Crippen molar-refractivity contribution in [3.63, 3.8) is 0 Å².